The van der Waals surface area contributed by atoms with Gasteiger partial charge in [0.25, 0.3) is 10.0 Å². The third-order valence-electron chi connectivity index (χ3n) is 2.97. The third kappa shape index (κ3) is 3.45. The quantitative estimate of drug-likeness (QED) is 0.796. The Morgan fingerprint density at radius 2 is 2.32 bits per heavy atom. The fraction of sp³-hybridized carbons (Fsp3) is 0.583. The molecule has 1 aliphatic rings. The minimum Gasteiger partial charge on any atom is -0.377 e. The topological polar surface area (TPSA) is 59.5 Å². The van der Waals surface area contributed by atoms with E-state index in [4.69, 9.17) is 16.3 Å². The number of hydrogen-bond acceptors (Lipinski definition) is 4. The molecule has 1 atom stereocenters. The van der Waals surface area contributed by atoms with Crippen LogP contribution in [0.3, 0.4) is 0 Å². The van der Waals surface area contributed by atoms with Crippen LogP contribution in [0.25, 0.3) is 0 Å². The molecule has 0 aromatic carbocycles. The number of nitrogens with zero attached hydrogens (tertiary/aromatic N) is 2. The minimum atomic E-state index is -3.54. The molecule has 0 aliphatic carbocycles. The van der Waals surface area contributed by atoms with Gasteiger partial charge in [0.15, 0.2) is 5.03 Å². The van der Waals surface area contributed by atoms with Crippen LogP contribution in [0, 0.1) is 0 Å². The molecule has 19 heavy (non-hydrogen) atoms. The Labute approximate surface area is 118 Å². The van der Waals surface area contributed by atoms with Gasteiger partial charge >= 0.3 is 0 Å². The van der Waals surface area contributed by atoms with E-state index < -0.39 is 10.0 Å². The Balaban J connectivity index is 2.24. The predicted molar refractivity (Wildman–Crippen MR) is 72.6 cm³/mol. The lowest BCUT2D eigenvalue weighted by Crippen LogP contribution is -2.36. The van der Waals surface area contributed by atoms with Crippen molar-refractivity contribution < 1.29 is 13.2 Å². The zero-order chi connectivity index (χ0) is 13.9. The van der Waals surface area contributed by atoms with Crippen molar-refractivity contribution in [1.82, 2.24) is 9.29 Å². The first-order valence-corrected chi connectivity index (χ1v) is 8.14. The molecule has 1 fully saturated rings. The molecule has 106 valence electrons. The Morgan fingerprint density at radius 1 is 1.53 bits per heavy atom. The summed E-state index contributed by atoms with van der Waals surface area (Å²) in [7, 11) is -3.54. The van der Waals surface area contributed by atoms with Crippen LogP contribution in [0.5, 0.6) is 0 Å². The van der Waals surface area contributed by atoms with Gasteiger partial charge in [-0.2, -0.15) is 4.31 Å². The van der Waals surface area contributed by atoms with E-state index in [1.807, 2.05) is 6.92 Å². The fourth-order valence-corrected chi connectivity index (χ4v) is 3.57. The first-order valence-electron chi connectivity index (χ1n) is 6.16. The number of ether oxygens (including phenoxy) is 1. The van der Waals surface area contributed by atoms with Crippen molar-refractivity contribution in [2.24, 2.45) is 0 Å². The highest BCUT2D eigenvalue weighted by molar-refractivity contribution is 7.89. The van der Waals surface area contributed by atoms with Crippen LogP contribution < -0.4 is 0 Å². The van der Waals surface area contributed by atoms with Crippen LogP contribution in [0.1, 0.15) is 18.9 Å². The summed E-state index contributed by atoms with van der Waals surface area (Å²) < 4.78 is 31.8. The molecule has 2 heterocycles. The lowest BCUT2D eigenvalue weighted by molar-refractivity contribution is 0.0752. The zero-order valence-corrected chi connectivity index (χ0v) is 12.3. The molecule has 1 aliphatic heterocycles. The van der Waals surface area contributed by atoms with Crippen molar-refractivity contribution in [1.29, 1.82) is 0 Å². The number of halogens is 1. The second-order valence-corrected chi connectivity index (χ2v) is 6.69. The second-order valence-electron chi connectivity index (χ2n) is 4.54. The Hall–Kier alpha value is -0.690. The molecule has 0 spiro atoms. The molecule has 0 N–H and O–H groups in total. The fourth-order valence-electron chi connectivity index (χ4n) is 1.95. The van der Waals surface area contributed by atoms with Crippen molar-refractivity contribution in [3.8, 4) is 0 Å². The van der Waals surface area contributed by atoms with Crippen LogP contribution >= 0.6 is 11.6 Å². The molecule has 0 radical (unpaired) electrons. The normalized spacial score (nSPS) is 22.1. The standard InChI is InChI=1S/C12H17ClN2O3S/c1-10-9-15(5-2-6-18-10)19(16,17)12-4-3-11(7-13)8-14-12/h3-4,8,10H,2,5-7,9H2,1H3. The molecule has 1 saturated heterocycles. The number of pyridine rings is 1. The largest absolute Gasteiger partial charge is 0.377 e. The van der Waals surface area contributed by atoms with Gasteiger partial charge in [-0.05, 0) is 25.0 Å². The van der Waals surface area contributed by atoms with Gasteiger partial charge in [0.2, 0.25) is 0 Å². The molecule has 1 aromatic rings. The van der Waals surface area contributed by atoms with Crippen molar-refractivity contribution in [2.45, 2.75) is 30.4 Å². The smallest absolute Gasteiger partial charge is 0.260 e. The van der Waals surface area contributed by atoms with E-state index in [1.54, 1.807) is 6.07 Å². The second kappa shape index (κ2) is 6.17. The summed E-state index contributed by atoms with van der Waals surface area (Å²) in [6, 6.07) is 3.19. The van der Waals surface area contributed by atoms with Crippen LogP contribution in [0.4, 0.5) is 0 Å². The first kappa shape index (κ1) is 14.7. The summed E-state index contributed by atoms with van der Waals surface area (Å²) in [5.74, 6) is 0.321. The molecule has 1 unspecified atom stereocenters. The third-order valence-corrected chi connectivity index (χ3v) is 5.06. The summed E-state index contributed by atoms with van der Waals surface area (Å²) in [5, 5.41) is 0.0652. The molecule has 1 aromatic heterocycles. The number of rotatable bonds is 3. The van der Waals surface area contributed by atoms with E-state index in [-0.39, 0.29) is 11.1 Å². The summed E-state index contributed by atoms with van der Waals surface area (Å²) in [6.07, 6.45) is 2.10. The molecule has 0 amide bonds. The van der Waals surface area contributed by atoms with Gasteiger partial charge in [0.1, 0.15) is 0 Å². The molecule has 5 nitrogen and oxygen atoms in total. The molecular weight excluding hydrogens is 288 g/mol. The van der Waals surface area contributed by atoms with Crippen molar-refractivity contribution in [3.05, 3.63) is 23.9 Å². The summed E-state index contributed by atoms with van der Waals surface area (Å²) in [5.41, 5.74) is 0.799. The lowest BCUT2D eigenvalue weighted by atomic mass is 10.3. The average Bonchev–Trinajstić information content (AvgIpc) is 2.64. The van der Waals surface area contributed by atoms with Crippen molar-refractivity contribution in [2.75, 3.05) is 19.7 Å². The lowest BCUT2D eigenvalue weighted by Gasteiger charge is -2.21. The number of sulfonamides is 1. The van der Waals surface area contributed by atoms with Gasteiger partial charge in [-0.15, -0.1) is 11.6 Å². The van der Waals surface area contributed by atoms with Crippen LogP contribution in [0.2, 0.25) is 0 Å². The first-order chi connectivity index (χ1) is 9.04. The van der Waals surface area contributed by atoms with E-state index in [0.717, 1.165) is 5.56 Å². The zero-order valence-electron chi connectivity index (χ0n) is 10.8. The minimum absolute atomic E-state index is 0.0652. The molecule has 2 rings (SSSR count). The van der Waals surface area contributed by atoms with Gasteiger partial charge in [0, 0.05) is 31.8 Å². The molecule has 7 heteroatoms. The number of alkyl halides is 1. The number of hydrogen-bond donors (Lipinski definition) is 0. The summed E-state index contributed by atoms with van der Waals surface area (Å²) in [4.78, 5) is 4.00. The maximum Gasteiger partial charge on any atom is 0.260 e. The summed E-state index contributed by atoms with van der Waals surface area (Å²) in [6.45, 7) is 3.29. The molecule has 0 bridgehead atoms. The van der Waals surface area contributed by atoms with Gasteiger partial charge in [0.05, 0.1) is 6.10 Å². The Bertz CT molecular complexity index is 518. The highest BCUT2D eigenvalue weighted by atomic mass is 35.5. The SMILES string of the molecule is CC1CN(S(=O)(=O)c2ccc(CCl)cn2)CCCO1. The highest BCUT2D eigenvalue weighted by Crippen LogP contribution is 2.17. The van der Waals surface area contributed by atoms with E-state index in [2.05, 4.69) is 4.98 Å². The van der Waals surface area contributed by atoms with Gasteiger partial charge in [-0.1, -0.05) is 6.07 Å². The van der Waals surface area contributed by atoms with E-state index in [1.165, 1.54) is 16.6 Å². The highest BCUT2D eigenvalue weighted by Gasteiger charge is 2.28. The van der Waals surface area contributed by atoms with Crippen LogP contribution in [-0.4, -0.2) is 43.5 Å². The van der Waals surface area contributed by atoms with Gasteiger partial charge in [-0.3, -0.25) is 0 Å². The maximum absolute atomic E-state index is 12.5. The van der Waals surface area contributed by atoms with E-state index in [9.17, 15) is 8.42 Å². The predicted octanol–water partition coefficient (Wildman–Crippen LogP) is 1.62. The number of aromatic nitrogens is 1. The van der Waals surface area contributed by atoms with E-state index in [0.29, 0.717) is 32.0 Å². The average molecular weight is 305 g/mol. The van der Waals surface area contributed by atoms with Crippen molar-refractivity contribution in [3.63, 3.8) is 0 Å². The maximum atomic E-state index is 12.5. The van der Waals surface area contributed by atoms with Gasteiger partial charge in [-0.25, -0.2) is 13.4 Å². The molecule has 0 saturated carbocycles. The Kier molecular flexibility index (Phi) is 4.78. The van der Waals surface area contributed by atoms with E-state index >= 15 is 0 Å². The Morgan fingerprint density at radius 3 is 2.95 bits per heavy atom. The van der Waals surface area contributed by atoms with Crippen molar-refractivity contribution >= 4 is 21.6 Å². The summed E-state index contributed by atoms with van der Waals surface area (Å²) >= 11 is 5.67. The van der Waals surface area contributed by atoms with Crippen LogP contribution in [-0.2, 0) is 20.6 Å². The van der Waals surface area contributed by atoms with Crippen LogP contribution in [0.15, 0.2) is 23.4 Å². The van der Waals surface area contributed by atoms with Gasteiger partial charge < -0.3 is 4.74 Å². The monoisotopic (exact) mass is 304 g/mol. The molecular formula is C12H17ClN2O3S.